The molecule has 1 aromatic rings. The summed E-state index contributed by atoms with van der Waals surface area (Å²) in [4.78, 5) is 10.3. The molecule has 1 saturated carbocycles. The lowest BCUT2D eigenvalue weighted by Gasteiger charge is -2.22. The molecule has 1 aromatic carbocycles. The monoisotopic (exact) mass is 249 g/mol. The van der Waals surface area contributed by atoms with Crippen LogP contribution in [0.4, 0.5) is 17.1 Å². The van der Waals surface area contributed by atoms with Crippen LogP contribution in [0.5, 0.6) is 0 Å². The third kappa shape index (κ3) is 3.35. The third-order valence-electron chi connectivity index (χ3n) is 3.47. The number of benzene rings is 1. The van der Waals surface area contributed by atoms with Gasteiger partial charge in [-0.15, -0.1) is 0 Å². The summed E-state index contributed by atoms with van der Waals surface area (Å²) in [5, 5.41) is 14.0. The fourth-order valence-electron chi connectivity index (χ4n) is 2.50. The molecule has 1 aliphatic carbocycles. The van der Waals surface area contributed by atoms with Crippen LogP contribution in [0.15, 0.2) is 18.2 Å². The van der Waals surface area contributed by atoms with Crippen molar-refractivity contribution in [3.8, 4) is 0 Å². The normalized spacial score (nSPS) is 16.4. The van der Waals surface area contributed by atoms with Crippen molar-refractivity contribution in [3.63, 3.8) is 0 Å². The van der Waals surface area contributed by atoms with E-state index in [4.69, 9.17) is 5.73 Å². The maximum Gasteiger partial charge on any atom is 0.273 e. The summed E-state index contributed by atoms with van der Waals surface area (Å²) in [5.41, 5.74) is 6.87. The highest BCUT2D eigenvalue weighted by Gasteiger charge is 2.14. The molecule has 1 fully saturated rings. The first-order valence-corrected chi connectivity index (χ1v) is 6.44. The van der Waals surface area contributed by atoms with E-state index in [9.17, 15) is 10.1 Å². The van der Waals surface area contributed by atoms with Crippen LogP contribution in [0.1, 0.15) is 32.1 Å². The Labute approximate surface area is 107 Å². The number of hydrogen-bond acceptors (Lipinski definition) is 4. The Morgan fingerprint density at radius 1 is 1.28 bits per heavy atom. The van der Waals surface area contributed by atoms with Gasteiger partial charge in [-0.3, -0.25) is 10.1 Å². The van der Waals surface area contributed by atoms with E-state index in [-0.39, 0.29) is 5.69 Å². The number of nitrogens with two attached hydrogens (primary N) is 1. The smallest absolute Gasteiger partial charge is 0.273 e. The Balaban J connectivity index is 1.97. The van der Waals surface area contributed by atoms with Crippen LogP contribution in [-0.4, -0.2) is 11.5 Å². The van der Waals surface area contributed by atoms with Gasteiger partial charge in [0.15, 0.2) is 0 Å². The Morgan fingerprint density at radius 2 is 2.00 bits per heavy atom. The van der Waals surface area contributed by atoms with E-state index in [0.717, 1.165) is 12.2 Å². The van der Waals surface area contributed by atoms with Crippen LogP contribution in [0.3, 0.4) is 0 Å². The van der Waals surface area contributed by atoms with E-state index in [1.807, 2.05) is 0 Å². The van der Waals surface area contributed by atoms with Crippen molar-refractivity contribution in [1.82, 2.24) is 0 Å². The molecular formula is C13H19N3O2. The van der Waals surface area contributed by atoms with Crippen LogP contribution < -0.4 is 11.1 Å². The number of non-ortho nitro benzene ring substituents is 1. The molecule has 0 saturated heterocycles. The first-order chi connectivity index (χ1) is 8.65. The van der Waals surface area contributed by atoms with Gasteiger partial charge in [-0.05, 0) is 24.8 Å². The molecule has 2 rings (SSSR count). The molecule has 98 valence electrons. The zero-order valence-electron chi connectivity index (χ0n) is 10.4. The highest BCUT2D eigenvalue weighted by Crippen LogP contribution is 2.26. The summed E-state index contributed by atoms with van der Waals surface area (Å²) in [5.74, 6) is 0.680. The molecule has 0 unspecified atom stereocenters. The second-order valence-corrected chi connectivity index (χ2v) is 4.96. The second kappa shape index (κ2) is 5.71. The molecule has 0 heterocycles. The van der Waals surface area contributed by atoms with Gasteiger partial charge in [0.05, 0.1) is 4.92 Å². The number of rotatable bonds is 4. The average molecular weight is 249 g/mol. The van der Waals surface area contributed by atoms with Crippen molar-refractivity contribution < 1.29 is 4.92 Å². The van der Waals surface area contributed by atoms with Gasteiger partial charge < -0.3 is 11.1 Å². The predicted octanol–water partition coefficient (Wildman–Crippen LogP) is 3.17. The van der Waals surface area contributed by atoms with E-state index in [1.165, 1.54) is 38.2 Å². The number of nitro benzene ring substituents is 1. The maximum atomic E-state index is 10.7. The summed E-state index contributed by atoms with van der Waals surface area (Å²) < 4.78 is 0. The number of nitro groups is 1. The van der Waals surface area contributed by atoms with Crippen molar-refractivity contribution in [2.24, 2.45) is 5.92 Å². The number of nitrogen functional groups attached to an aromatic ring is 1. The topological polar surface area (TPSA) is 81.2 Å². The Morgan fingerprint density at radius 3 is 2.67 bits per heavy atom. The number of hydrogen-bond donors (Lipinski definition) is 2. The lowest BCUT2D eigenvalue weighted by Crippen LogP contribution is -2.17. The van der Waals surface area contributed by atoms with Gasteiger partial charge in [-0.1, -0.05) is 19.3 Å². The third-order valence-corrected chi connectivity index (χ3v) is 3.47. The SMILES string of the molecule is Nc1cc(NCC2CCCCC2)cc([N+](=O)[O-])c1. The largest absolute Gasteiger partial charge is 0.398 e. The molecule has 0 aromatic heterocycles. The summed E-state index contributed by atoms with van der Waals surface area (Å²) in [6.07, 6.45) is 6.42. The lowest BCUT2D eigenvalue weighted by molar-refractivity contribution is -0.384. The molecule has 5 heteroatoms. The van der Waals surface area contributed by atoms with Crippen LogP contribution in [-0.2, 0) is 0 Å². The predicted molar refractivity (Wildman–Crippen MR) is 72.6 cm³/mol. The van der Waals surface area contributed by atoms with E-state index < -0.39 is 4.92 Å². The van der Waals surface area contributed by atoms with Crippen molar-refractivity contribution in [3.05, 3.63) is 28.3 Å². The Kier molecular flexibility index (Phi) is 4.02. The fourth-order valence-corrected chi connectivity index (χ4v) is 2.50. The van der Waals surface area contributed by atoms with E-state index >= 15 is 0 Å². The van der Waals surface area contributed by atoms with Crippen molar-refractivity contribution in [2.45, 2.75) is 32.1 Å². The van der Waals surface area contributed by atoms with E-state index in [2.05, 4.69) is 5.32 Å². The molecule has 0 spiro atoms. The molecule has 5 nitrogen and oxygen atoms in total. The van der Waals surface area contributed by atoms with Gasteiger partial charge in [-0.25, -0.2) is 0 Å². The van der Waals surface area contributed by atoms with Crippen LogP contribution in [0.25, 0.3) is 0 Å². The minimum Gasteiger partial charge on any atom is -0.398 e. The van der Waals surface area contributed by atoms with Crippen LogP contribution >= 0.6 is 0 Å². The zero-order valence-corrected chi connectivity index (χ0v) is 10.4. The van der Waals surface area contributed by atoms with E-state index in [1.54, 1.807) is 12.1 Å². The summed E-state index contributed by atoms with van der Waals surface area (Å²) >= 11 is 0. The first-order valence-electron chi connectivity index (χ1n) is 6.44. The molecule has 0 atom stereocenters. The molecule has 0 aliphatic heterocycles. The summed E-state index contributed by atoms with van der Waals surface area (Å²) in [7, 11) is 0. The van der Waals surface area contributed by atoms with Gasteiger partial charge in [0.25, 0.3) is 5.69 Å². The van der Waals surface area contributed by atoms with E-state index in [0.29, 0.717) is 11.6 Å². The van der Waals surface area contributed by atoms with Crippen molar-refractivity contribution in [2.75, 3.05) is 17.6 Å². The van der Waals surface area contributed by atoms with Gasteiger partial charge in [0, 0.05) is 30.1 Å². The van der Waals surface area contributed by atoms with Crippen molar-refractivity contribution in [1.29, 1.82) is 0 Å². The molecular weight excluding hydrogens is 230 g/mol. The average Bonchev–Trinajstić information content (AvgIpc) is 2.37. The Hall–Kier alpha value is -1.78. The summed E-state index contributed by atoms with van der Waals surface area (Å²) in [6, 6.07) is 4.67. The Bertz CT molecular complexity index is 428. The van der Waals surface area contributed by atoms with Gasteiger partial charge in [0.2, 0.25) is 0 Å². The molecule has 0 radical (unpaired) electrons. The van der Waals surface area contributed by atoms with Gasteiger partial charge >= 0.3 is 0 Å². The number of anilines is 2. The minimum atomic E-state index is -0.415. The quantitative estimate of drug-likeness (QED) is 0.488. The van der Waals surface area contributed by atoms with Crippen LogP contribution in [0, 0.1) is 16.0 Å². The molecule has 0 bridgehead atoms. The molecule has 3 N–H and O–H groups in total. The van der Waals surface area contributed by atoms with Crippen LogP contribution in [0.2, 0.25) is 0 Å². The van der Waals surface area contributed by atoms with Crippen molar-refractivity contribution >= 4 is 17.1 Å². The highest BCUT2D eigenvalue weighted by atomic mass is 16.6. The standard InChI is InChI=1S/C13H19N3O2/c14-11-6-12(8-13(7-11)16(17)18)15-9-10-4-2-1-3-5-10/h6-8,10,15H,1-5,9,14H2. The molecule has 18 heavy (non-hydrogen) atoms. The molecule has 1 aliphatic rings. The highest BCUT2D eigenvalue weighted by molar-refractivity contribution is 5.61. The number of nitrogens with one attached hydrogen (secondary N) is 1. The first kappa shape index (κ1) is 12.7. The second-order valence-electron chi connectivity index (χ2n) is 4.96. The maximum absolute atomic E-state index is 10.7. The lowest BCUT2D eigenvalue weighted by atomic mass is 9.89. The van der Waals surface area contributed by atoms with Gasteiger partial charge in [-0.2, -0.15) is 0 Å². The summed E-state index contributed by atoms with van der Waals surface area (Å²) in [6.45, 7) is 0.876. The minimum absolute atomic E-state index is 0.0427. The molecule has 0 amide bonds. The number of nitrogens with zero attached hydrogens (tertiary/aromatic N) is 1. The fraction of sp³-hybridized carbons (Fsp3) is 0.538. The van der Waals surface area contributed by atoms with Gasteiger partial charge in [0.1, 0.15) is 0 Å². The zero-order chi connectivity index (χ0) is 13.0.